The van der Waals surface area contributed by atoms with E-state index in [0.29, 0.717) is 6.54 Å². The van der Waals surface area contributed by atoms with E-state index in [4.69, 9.17) is 0 Å². The third kappa shape index (κ3) is 10.7. The fraction of sp³-hybridized carbons (Fsp3) is 0.375. The molecule has 0 fully saturated rings. The van der Waals surface area contributed by atoms with Crippen molar-refractivity contribution in [1.29, 1.82) is 0 Å². The number of hydrogen-bond acceptors (Lipinski definition) is 4. The summed E-state index contributed by atoms with van der Waals surface area (Å²) in [4.78, 5) is 28.9. The summed E-state index contributed by atoms with van der Waals surface area (Å²) >= 11 is 3.41. The number of carbonyl (C=O) groups excluding carboxylic acids is 2. The SMILES string of the molecule is CCCCNC(=O)C(Cc1ccccc1)N(Cc1ccc(Br)cc1)C(=O)CCCN(c1cccc(C(F)(F)F)c1)S(C)(=O)=O. The molecule has 2 amide bonds. The second-order valence-electron chi connectivity index (χ2n) is 10.5. The van der Waals surface area contributed by atoms with E-state index in [1.807, 2.05) is 61.5 Å². The topological polar surface area (TPSA) is 86.8 Å². The summed E-state index contributed by atoms with van der Waals surface area (Å²) in [7, 11) is -3.96. The molecule has 0 aliphatic heterocycles. The number of nitrogens with one attached hydrogen (secondary N) is 1. The maximum atomic E-state index is 13.9. The van der Waals surface area contributed by atoms with Crippen LogP contribution in [-0.2, 0) is 38.8 Å². The maximum absolute atomic E-state index is 13.9. The summed E-state index contributed by atoms with van der Waals surface area (Å²) in [5, 5.41) is 2.95. The summed E-state index contributed by atoms with van der Waals surface area (Å²) < 4.78 is 66.9. The van der Waals surface area contributed by atoms with Crippen LogP contribution >= 0.6 is 15.9 Å². The van der Waals surface area contributed by atoms with E-state index >= 15 is 0 Å². The van der Waals surface area contributed by atoms with Gasteiger partial charge in [-0.3, -0.25) is 13.9 Å². The van der Waals surface area contributed by atoms with Crippen molar-refractivity contribution in [3.05, 3.63) is 100 Å². The Balaban J connectivity index is 1.88. The number of carbonyl (C=O) groups is 2. The molecule has 238 valence electrons. The molecule has 3 rings (SSSR count). The molecule has 0 radical (unpaired) electrons. The van der Waals surface area contributed by atoms with Crippen molar-refractivity contribution in [3.8, 4) is 0 Å². The number of unbranched alkanes of at least 4 members (excludes halogenated alkanes) is 1. The Hall–Kier alpha value is -3.38. The van der Waals surface area contributed by atoms with Crippen LogP contribution in [0.25, 0.3) is 0 Å². The predicted molar refractivity (Wildman–Crippen MR) is 169 cm³/mol. The number of sulfonamides is 1. The standard InChI is InChI=1S/C32H37BrF3N3O4S/c1-3-4-19-37-31(41)29(21-24-10-6-5-7-11-24)38(23-25-15-17-27(33)18-16-25)30(40)14-9-20-39(44(2,42)43)28-13-8-12-26(22-28)32(34,35)36/h5-8,10-13,15-18,22,29H,3-4,9,14,19-21,23H2,1-2H3,(H,37,41). The van der Waals surface area contributed by atoms with Gasteiger partial charge in [-0.05, 0) is 54.3 Å². The molecule has 0 aliphatic rings. The van der Waals surface area contributed by atoms with Gasteiger partial charge >= 0.3 is 6.18 Å². The van der Waals surface area contributed by atoms with Crippen LogP contribution in [0.4, 0.5) is 18.9 Å². The molecule has 0 bridgehead atoms. The van der Waals surface area contributed by atoms with E-state index in [1.165, 1.54) is 11.0 Å². The van der Waals surface area contributed by atoms with Gasteiger partial charge in [0, 0.05) is 36.9 Å². The Morgan fingerprint density at radius 1 is 0.932 bits per heavy atom. The van der Waals surface area contributed by atoms with Gasteiger partial charge in [0.2, 0.25) is 21.8 Å². The Morgan fingerprint density at radius 3 is 2.23 bits per heavy atom. The quantitative estimate of drug-likeness (QED) is 0.182. The molecule has 1 N–H and O–H groups in total. The first kappa shape index (κ1) is 35.1. The van der Waals surface area contributed by atoms with Crippen LogP contribution in [0.3, 0.4) is 0 Å². The Labute approximate surface area is 265 Å². The van der Waals surface area contributed by atoms with Crippen LogP contribution in [0, 0.1) is 0 Å². The minimum Gasteiger partial charge on any atom is -0.354 e. The van der Waals surface area contributed by atoms with E-state index in [0.717, 1.165) is 57.2 Å². The molecule has 7 nitrogen and oxygen atoms in total. The van der Waals surface area contributed by atoms with Gasteiger partial charge in [0.05, 0.1) is 17.5 Å². The third-order valence-electron chi connectivity index (χ3n) is 6.98. The average Bonchev–Trinajstić information content (AvgIpc) is 2.97. The zero-order chi connectivity index (χ0) is 32.3. The fourth-order valence-corrected chi connectivity index (χ4v) is 5.91. The van der Waals surface area contributed by atoms with Crippen molar-refractivity contribution >= 4 is 43.5 Å². The highest BCUT2D eigenvalue weighted by Crippen LogP contribution is 2.32. The Bertz CT molecular complexity index is 1490. The zero-order valence-corrected chi connectivity index (χ0v) is 27.1. The second kappa shape index (κ2) is 16.1. The highest BCUT2D eigenvalue weighted by molar-refractivity contribution is 9.10. The summed E-state index contributed by atoms with van der Waals surface area (Å²) in [6, 6.07) is 19.9. The number of benzene rings is 3. The fourth-order valence-electron chi connectivity index (χ4n) is 4.69. The second-order valence-corrected chi connectivity index (χ2v) is 13.3. The number of halogens is 4. The molecule has 0 heterocycles. The molecule has 3 aromatic rings. The van der Waals surface area contributed by atoms with E-state index in [1.54, 1.807) is 0 Å². The van der Waals surface area contributed by atoms with E-state index in [-0.39, 0.29) is 49.9 Å². The van der Waals surface area contributed by atoms with Crippen LogP contribution in [0.5, 0.6) is 0 Å². The molecular weight excluding hydrogens is 659 g/mol. The number of anilines is 1. The van der Waals surface area contributed by atoms with Crippen molar-refractivity contribution in [2.45, 2.75) is 57.8 Å². The first-order valence-corrected chi connectivity index (χ1v) is 16.9. The lowest BCUT2D eigenvalue weighted by Crippen LogP contribution is -2.50. The molecule has 0 saturated carbocycles. The van der Waals surface area contributed by atoms with E-state index < -0.39 is 27.8 Å². The van der Waals surface area contributed by atoms with Crippen LogP contribution in [0.15, 0.2) is 83.3 Å². The van der Waals surface area contributed by atoms with Gasteiger partial charge in [0.1, 0.15) is 6.04 Å². The van der Waals surface area contributed by atoms with E-state index in [9.17, 15) is 31.2 Å². The van der Waals surface area contributed by atoms with Crippen molar-refractivity contribution < 1.29 is 31.2 Å². The molecule has 0 spiro atoms. The number of amides is 2. The van der Waals surface area contributed by atoms with Crippen molar-refractivity contribution in [3.63, 3.8) is 0 Å². The van der Waals surface area contributed by atoms with Gasteiger partial charge in [0.15, 0.2) is 0 Å². The highest BCUT2D eigenvalue weighted by atomic mass is 79.9. The largest absolute Gasteiger partial charge is 0.416 e. The van der Waals surface area contributed by atoms with Crippen molar-refractivity contribution in [2.75, 3.05) is 23.7 Å². The zero-order valence-electron chi connectivity index (χ0n) is 24.7. The molecule has 0 saturated heterocycles. The smallest absolute Gasteiger partial charge is 0.354 e. The molecular formula is C32H37BrF3N3O4S. The molecule has 3 aromatic carbocycles. The van der Waals surface area contributed by atoms with E-state index in [2.05, 4.69) is 21.2 Å². The lowest BCUT2D eigenvalue weighted by atomic mass is 10.0. The van der Waals surface area contributed by atoms with Crippen LogP contribution in [-0.4, -0.2) is 50.5 Å². The molecule has 12 heteroatoms. The first-order chi connectivity index (χ1) is 20.8. The Kier molecular flexibility index (Phi) is 12.8. The minimum atomic E-state index is -4.64. The van der Waals surface area contributed by atoms with Crippen LogP contribution in [0.1, 0.15) is 49.3 Å². The first-order valence-electron chi connectivity index (χ1n) is 14.3. The van der Waals surface area contributed by atoms with Crippen molar-refractivity contribution in [1.82, 2.24) is 10.2 Å². The summed E-state index contributed by atoms with van der Waals surface area (Å²) in [5.74, 6) is -0.675. The highest BCUT2D eigenvalue weighted by Gasteiger charge is 2.32. The molecule has 1 atom stereocenters. The lowest BCUT2D eigenvalue weighted by Gasteiger charge is -2.32. The molecule has 1 unspecified atom stereocenters. The maximum Gasteiger partial charge on any atom is 0.416 e. The normalized spacial score (nSPS) is 12.4. The number of hydrogen-bond donors (Lipinski definition) is 1. The minimum absolute atomic E-state index is 0.0223. The Morgan fingerprint density at radius 2 is 1.61 bits per heavy atom. The third-order valence-corrected chi connectivity index (χ3v) is 8.70. The van der Waals surface area contributed by atoms with Gasteiger partial charge in [-0.1, -0.05) is 77.8 Å². The monoisotopic (exact) mass is 695 g/mol. The van der Waals surface area contributed by atoms with Crippen LogP contribution < -0.4 is 9.62 Å². The predicted octanol–water partition coefficient (Wildman–Crippen LogP) is 6.57. The van der Waals surface area contributed by atoms with Gasteiger partial charge < -0.3 is 10.2 Å². The number of alkyl halides is 3. The summed E-state index contributed by atoms with van der Waals surface area (Å²) in [6.45, 7) is 2.38. The summed E-state index contributed by atoms with van der Waals surface area (Å²) in [6.07, 6.45) is -1.92. The van der Waals surface area contributed by atoms with Crippen LogP contribution in [0.2, 0.25) is 0 Å². The molecule has 44 heavy (non-hydrogen) atoms. The molecule has 0 aliphatic carbocycles. The van der Waals surface area contributed by atoms with Gasteiger partial charge in [0.25, 0.3) is 0 Å². The van der Waals surface area contributed by atoms with Gasteiger partial charge in [-0.25, -0.2) is 8.42 Å². The average molecular weight is 697 g/mol. The van der Waals surface area contributed by atoms with Gasteiger partial charge in [-0.15, -0.1) is 0 Å². The number of nitrogens with zero attached hydrogens (tertiary/aromatic N) is 2. The van der Waals surface area contributed by atoms with Crippen molar-refractivity contribution in [2.24, 2.45) is 0 Å². The van der Waals surface area contributed by atoms with Gasteiger partial charge in [-0.2, -0.15) is 13.2 Å². The lowest BCUT2D eigenvalue weighted by molar-refractivity contribution is -0.141. The number of rotatable bonds is 15. The summed E-state index contributed by atoms with van der Waals surface area (Å²) in [5.41, 5.74) is 0.546. The molecule has 0 aromatic heterocycles.